The fourth-order valence-electron chi connectivity index (χ4n) is 1.16. The van der Waals surface area contributed by atoms with E-state index < -0.39 is 0 Å². The van der Waals surface area contributed by atoms with Crippen LogP contribution in [0.25, 0.3) is 0 Å². The van der Waals surface area contributed by atoms with E-state index >= 15 is 0 Å². The first-order chi connectivity index (χ1) is 7.71. The second-order valence-electron chi connectivity index (χ2n) is 2.99. The molecule has 1 rings (SSSR count). The van der Waals surface area contributed by atoms with E-state index in [1.165, 1.54) is 0 Å². The summed E-state index contributed by atoms with van der Waals surface area (Å²) in [6, 6.07) is 5.72. The molecule has 0 amide bonds. The van der Waals surface area contributed by atoms with Crippen LogP contribution in [0.3, 0.4) is 0 Å². The van der Waals surface area contributed by atoms with Crippen molar-refractivity contribution in [1.82, 2.24) is 9.97 Å². The predicted octanol–water partition coefficient (Wildman–Crippen LogP) is 1.66. The van der Waals surface area contributed by atoms with Crippen molar-refractivity contribution in [1.29, 1.82) is 10.5 Å². The van der Waals surface area contributed by atoms with E-state index in [9.17, 15) is 0 Å². The third-order valence-corrected chi connectivity index (χ3v) is 2.30. The number of halogens is 1. The Morgan fingerprint density at radius 1 is 1.31 bits per heavy atom. The number of nitrogens with zero attached hydrogens (tertiary/aromatic N) is 5. The van der Waals surface area contributed by atoms with E-state index in [0.717, 1.165) is 0 Å². The van der Waals surface area contributed by atoms with Crippen LogP contribution in [0.4, 0.5) is 5.82 Å². The maximum atomic E-state index is 8.66. The van der Waals surface area contributed by atoms with Crippen molar-refractivity contribution in [2.24, 2.45) is 0 Å². The average molecular weight is 280 g/mol. The van der Waals surface area contributed by atoms with Crippen molar-refractivity contribution < 1.29 is 0 Å². The second-order valence-corrected chi connectivity index (χ2v) is 3.80. The monoisotopic (exact) mass is 279 g/mol. The van der Waals surface area contributed by atoms with Crippen LogP contribution in [-0.2, 0) is 6.42 Å². The van der Waals surface area contributed by atoms with E-state index in [4.69, 9.17) is 10.5 Å². The van der Waals surface area contributed by atoms with E-state index in [1.54, 1.807) is 11.0 Å². The number of aryl methyl sites for hydroxylation is 1. The van der Waals surface area contributed by atoms with E-state index in [0.29, 0.717) is 22.7 Å². The molecule has 0 N–H and O–H groups in total. The summed E-state index contributed by atoms with van der Waals surface area (Å²) < 4.78 is 0.662. The molecule has 0 aliphatic heterocycles. The van der Waals surface area contributed by atoms with Gasteiger partial charge in [-0.05, 0) is 15.9 Å². The lowest BCUT2D eigenvalue weighted by atomic mass is 10.4. The molecular weight excluding hydrogens is 270 g/mol. The van der Waals surface area contributed by atoms with Gasteiger partial charge >= 0.3 is 0 Å². The summed E-state index contributed by atoms with van der Waals surface area (Å²) in [6.07, 6.45) is 0.708. The molecule has 1 aromatic rings. The molecule has 16 heavy (non-hydrogen) atoms. The Hall–Kier alpha value is -1.66. The van der Waals surface area contributed by atoms with Gasteiger partial charge in [-0.3, -0.25) is 0 Å². The van der Waals surface area contributed by atoms with Gasteiger partial charge in [0.25, 0.3) is 0 Å². The smallest absolute Gasteiger partial charge is 0.135 e. The lowest BCUT2D eigenvalue weighted by Gasteiger charge is -2.17. The van der Waals surface area contributed by atoms with Gasteiger partial charge in [0.15, 0.2) is 0 Å². The van der Waals surface area contributed by atoms with Gasteiger partial charge in [0.05, 0.1) is 12.1 Å². The van der Waals surface area contributed by atoms with Crippen LogP contribution in [0.2, 0.25) is 0 Å². The molecule has 0 spiro atoms. The van der Waals surface area contributed by atoms with Crippen LogP contribution in [0.5, 0.6) is 0 Å². The molecule has 0 saturated heterocycles. The molecule has 0 fully saturated rings. The highest BCUT2D eigenvalue weighted by Gasteiger charge is 2.09. The van der Waals surface area contributed by atoms with Gasteiger partial charge < -0.3 is 4.90 Å². The summed E-state index contributed by atoms with van der Waals surface area (Å²) in [5.74, 6) is 1.28. The second kappa shape index (κ2) is 6.04. The summed E-state index contributed by atoms with van der Waals surface area (Å²) in [7, 11) is 0. The average Bonchev–Trinajstić information content (AvgIpc) is 2.28. The fraction of sp³-hybridized carbons (Fsp3) is 0.400. The topological polar surface area (TPSA) is 76.6 Å². The molecule has 0 atom stereocenters. The molecule has 0 unspecified atom stereocenters. The molecule has 1 aromatic heterocycles. The molecule has 0 aliphatic rings. The van der Waals surface area contributed by atoms with Crippen molar-refractivity contribution >= 4 is 21.7 Å². The van der Waals surface area contributed by atoms with Crippen molar-refractivity contribution in [2.45, 2.75) is 13.3 Å². The van der Waals surface area contributed by atoms with Crippen molar-refractivity contribution in [3.05, 3.63) is 16.5 Å². The van der Waals surface area contributed by atoms with Crippen LogP contribution in [-0.4, -0.2) is 23.1 Å². The van der Waals surface area contributed by atoms with Gasteiger partial charge in [0, 0.05) is 12.5 Å². The standard InChI is InChI=1S/C10H10BrN5/c1-2-9-14-8(11)7-10(15-9)16(5-3-12)6-4-13/h7H,2,5-6H2,1H3. The Kier molecular flexibility index (Phi) is 4.68. The highest BCUT2D eigenvalue weighted by atomic mass is 79.9. The lowest BCUT2D eigenvalue weighted by Crippen LogP contribution is -2.25. The highest BCUT2D eigenvalue weighted by molar-refractivity contribution is 9.10. The molecular formula is C10H10BrN5. The zero-order valence-electron chi connectivity index (χ0n) is 8.81. The van der Waals surface area contributed by atoms with Crippen LogP contribution in [0, 0.1) is 22.7 Å². The fourth-order valence-corrected chi connectivity index (χ4v) is 1.57. The van der Waals surface area contributed by atoms with E-state index in [1.807, 2.05) is 19.1 Å². The van der Waals surface area contributed by atoms with Crippen molar-refractivity contribution in [3.63, 3.8) is 0 Å². The van der Waals surface area contributed by atoms with Gasteiger partial charge in [-0.15, -0.1) is 0 Å². The van der Waals surface area contributed by atoms with E-state index in [-0.39, 0.29) is 13.1 Å². The van der Waals surface area contributed by atoms with Crippen LogP contribution >= 0.6 is 15.9 Å². The SMILES string of the molecule is CCc1nc(Br)cc(N(CC#N)CC#N)n1. The Bertz CT molecular complexity index is 430. The van der Waals surface area contributed by atoms with Gasteiger partial charge in [-0.1, -0.05) is 6.92 Å². The Morgan fingerprint density at radius 2 is 1.94 bits per heavy atom. The van der Waals surface area contributed by atoms with Crippen molar-refractivity contribution in [3.8, 4) is 12.1 Å². The number of anilines is 1. The minimum Gasteiger partial charge on any atom is -0.330 e. The number of rotatable bonds is 4. The zero-order chi connectivity index (χ0) is 12.0. The minimum absolute atomic E-state index is 0.139. The summed E-state index contributed by atoms with van der Waals surface area (Å²) in [5.41, 5.74) is 0. The first-order valence-electron chi connectivity index (χ1n) is 4.73. The molecule has 0 bridgehead atoms. The number of hydrogen-bond donors (Lipinski definition) is 0. The maximum Gasteiger partial charge on any atom is 0.135 e. The zero-order valence-corrected chi connectivity index (χ0v) is 10.4. The summed E-state index contributed by atoms with van der Waals surface area (Å²) in [6.45, 7) is 2.23. The van der Waals surface area contributed by atoms with Gasteiger partial charge in [-0.25, -0.2) is 9.97 Å². The largest absolute Gasteiger partial charge is 0.330 e. The van der Waals surface area contributed by atoms with Crippen LogP contribution in [0.15, 0.2) is 10.7 Å². The quantitative estimate of drug-likeness (QED) is 0.619. The molecule has 5 nitrogen and oxygen atoms in total. The maximum absolute atomic E-state index is 8.66. The third-order valence-electron chi connectivity index (χ3n) is 1.89. The number of aromatic nitrogens is 2. The van der Waals surface area contributed by atoms with Crippen molar-refractivity contribution in [2.75, 3.05) is 18.0 Å². The summed E-state index contributed by atoms with van der Waals surface area (Å²) >= 11 is 3.28. The third kappa shape index (κ3) is 3.18. The Morgan fingerprint density at radius 3 is 2.44 bits per heavy atom. The predicted molar refractivity (Wildman–Crippen MR) is 62.5 cm³/mol. The van der Waals surface area contributed by atoms with Gasteiger partial charge in [0.2, 0.25) is 0 Å². The molecule has 0 aliphatic carbocycles. The van der Waals surface area contributed by atoms with Gasteiger partial charge in [-0.2, -0.15) is 10.5 Å². The number of hydrogen-bond acceptors (Lipinski definition) is 5. The first-order valence-corrected chi connectivity index (χ1v) is 5.52. The van der Waals surface area contributed by atoms with Crippen LogP contribution < -0.4 is 4.90 Å². The summed E-state index contributed by atoms with van der Waals surface area (Å²) in [4.78, 5) is 10.0. The molecule has 82 valence electrons. The summed E-state index contributed by atoms with van der Waals surface area (Å²) in [5, 5.41) is 17.3. The molecule has 0 saturated carbocycles. The first kappa shape index (κ1) is 12.4. The molecule has 6 heteroatoms. The Balaban J connectivity index is 3.04. The lowest BCUT2D eigenvalue weighted by molar-refractivity contribution is 0.871. The van der Waals surface area contributed by atoms with Crippen LogP contribution in [0.1, 0.15) is 12.7 Å². The highest BCUT2D eigenvalue weighted by Crippen LogP contribution is 2.16. The van der Waals surface area contributed by atoms with E-state index in [2.05, 4.69) is 25.9 Å². The minimum atomic E-state index is 0.139. The molecule has 0 aromatic carbocycles. The Labute approximate surface area is 102 Å². The van der Waals surface area contributed by atoms with Gasteiger partial charge in [0.1, 0.15) is 29.3 Å². The normalized spacial score (nSPS) is 9.25. The number of nitriles is 2. The molecule has 0 radical (unpaired) electrons. The molecule has 1 heterocycles.